The van der Waals surface area contributed by atoms with Crippen LogP contribution in [0, 0.1) is 5.92 Å². The third-order valence-corrected chi connectivity index (χ3v) is 5.35. The van der Waals surface area contributed by atoms with Crippen LogP contribution in [0.1, 0.15) is 12.0 Å². The summed E-state index contributed by atoms with van der Waals surface area (Å²) >= 11 is 0. The first-order valence-electron chi connectivity index (χ1n) is 9.40. The molecule has 3 aliphatic rings. The lowest BCUT2D eigenvalue weighted by Gasteiger charge is -2.46. The van der Waals surface area contributed by atoms with Crippen molar-refractivity contribution in [1.82, 2.24) is 20.1 Å². The molecule has 0 unspecified atom stereocenters. The number of fused-ring (bicyclic) bond motifs is 1. The number of halogens is 3. The molecule has 3 amide bonds. The maximum atomic E-state index is 12.6. The molecule has 1 N–H and O–H groups in total. The maximum Gasteiger partial charge on any atom is 0.417 e. The topological polar surface area (TPSA) is 84.0 Å². The zero-order chi connectivity index (χ0) is 20.6. The van der Waals surface area contributed by atoms with Gasteiger partial charge in [-0.25, -0.2) is 9.78 Å². The predicted molar refractivity (Wildman–Crippen MR) is 93.1 cm³/mol. The van der Waals surface area contributed by atoms with E-state index in [-0.39, 0.29) is 49.1 Å². The van der Waals surface area contributed by atoms with Gasteiger partial charge in [-0.2, -0.15) is 13.2 Å². The summed E-state index contributed by atoms with van der Waals surface area (Å²) in [7, 11) is 0. The monoisotopic (exact) mass is 414 g/mol. The number of carbonyl (C=O) groups is 2. The number of nitrogens with one attached hydrogen (secondary N) is 1. The second-order valence-corrected chi connectivity index (χ2v) is 7.51. The van der Waals surface area contributed by atoms with Gasteiger partial charge in [0.15, 0.2) is 0 Å². The first kappa shape index (κ1) is 19.7. The molecule has 8 nitrogen and oxygen atoms in total. The van der Waals surface area contributed by atoms with Crippen molar-refractivity contribution in [3.8, 4) is 5.88 Å². The highest BCUT2D eigenvalue weighted by Crippen LogP contribution is 2.29. The largest absolute Gasteiger partial charge is 0.477 e. The Morgan fingerprint density at radius 2 is 2.07 bits per heavy atom. The van der Waals surface area contributed by atoms with E-state index in [0.29, 0.717) is 32.6 Å². The maximum absolute atomic E-state index is 12.6. The fourth-order valence-electron chi connectivity index (χ4n) is 3.74. The quantitative estimate of drug-likeness (QED) is 0.802. The molecule has 29 heavy (non-hydrogen) atoms. The summed E-state index contributed by atoms with van der Waals surface area (Å²) in [5.74, 6) is 0.0507. The van der Waals surface area contributed by atoms with Crippen LogP contribution in [0.3, 0.4) is 0 Å². The van der Waals surface area contributed by atoms with E-state index in [9.17, 15) is 22.8 Å². The van der Waals surface area contributed by atoms with Gasteiger partial charge in [-0.05, 0) is 12.5 Å². The van der Waals surface area contributed by atoms with Crippen molar-refractivity contribution in [3.63, 3.8) is 0 Å². The zero-order valence-corrected chi connectivity index (χ0v) is 15.5. The lowest BCUT2D eigenvalue weighted by atomic mass is 9.99. The molecule has 0 radical (unpaired) electrons. The van der Waals surface area contributed by atoms with Crippen molar-refractivity contribution in [2.75, 3.05) is 39.4 Å². The molecule has 158 valence electrons. The van der Waals surface area contributed by atoms with Gasteiger partial charge in [0.2, 0.25) is 11.8 Å². The number of urea groups is 1. The van der Waals surface area contributed by atoms with Gasteiger partial charge in [-0.1, -0.05) is 0 Å². The van der Waals surface area contributed by atoms with Crippen LogP contribution < -0.4 is 10.1 Å². The number of hydrogen-bond acceptors (Lipinski definition) is 5. The third-order valence-electron chi connectivity index (χ3n) is 5.35. The molecule has 11 heteroatoms. The van der Waals surface area contributed by atoms with E-state index >= 15 is 0 Å². The summed E-state index contributed by atoms with van der Waals surface area (Å²) in [6.07, 6.45) is -3.06. The van der Waals surface area contributed by atoms with Crippen molar-refractivity contribution in [2.24, 2.45) is 5.92 Å². The Bertz CT molecular complexity index is 767. The molecule has 1 aromatic rings. The number of hydrogen-bond donors (Lipinski definition) is 1. The summed E-state index contributed by atoms with van der Waals surface area (Å²) in [6, 6.07) is 1.85. The summed E-state index contributed by atoms with van der Waals surface area (Å²) in [5, 5.41) is 2.86. The number of alkyl halides is 3. The van der Waals surface area contributed by atoms with Crippen LogP contribution in [0.2, 0.25) is 0 Å². The van der Waals surface area contributed by atoms with E-state index in [2.05, 4.69) is 10.3 Å². The molecule has 3 aliphatic heterocycles. The van der Waals surface area contributed by atoms with Crippen molar-refractivity contribution in [3.05, 3.63) is 23.9 Å². The van der Waals surface area contributed by atoms with Crippen LogP contribution in [-0.2, 0) is 15.7 Å². The van der Waals surface area contributed by atoms with E-state index in [1.54, 1.807) is 9.80 Å². The van der Waals surface area contributed by atoms with Gasteiger partial charge in [-0.3, -0.25) is 4.79 Å². The minimum absolute atomic E-state index is 0.0504. The molecular weight excluding hydrogens is 393 g/mol. The van der Waals surface area contributed by atoms with Crippen LogP contribution in [0.25, 0.3) is 0 Å². The Morgan fingerprint density at radius 3 is 2.76 bits per heavy atom. The number of nitrogens with zero attached hydrogens (tertiary/aromatic N) is 3. The van der Waals surface area contributed by atoms with E-state index in [1.807, 2.05) is 0 Å². The molecule has 3 fully saturated rings. The number of likely N-dealkylation sites (tertiary alicyclic amines) is 2. The Balaban J connectivity index is 1.21. The molecule has 0 saturated carbocycles. The Labute approximate surface area is 164 Å². The number of pyridine rings is 1. The van der Waals surface area contributed by atoms with E-state index < -0.39 is 11.7 Å². The Kier molecular flexibility index (Phi) is 5.24. The van der Waals surface area contributed by atoms with Gasteiger partial charge in [0.1, 0.15) is 6.61 Å². The van der Waals surface area contributed by atoms with E-state index in [1.165, 1.54) is 6.07 Å². The number of morpholine rings is 1. The zero-order valence-electron chi connectivity index (χ0n) is 15.5. The lowest BCUT2D eigenvalue weighted by molar-refractivity contribution is -0.140. The number of amides is 3. The predicted octanol–water partition coefficient (Wildman–Crippen LogP) is 1.12. The number of rotatable bonds is 3. The van der Waals surface area contributed by atoms with Crippen molar-refractivity contribution < 1.29 is 32.2 Å². The van der Waals surface area contributed by atoms with E-state index in [4.69, 9.17) is 9.47 Å². The molecule has 0 aromatic carbocycles. The van der Waals surface area contributed by atoms with Crippen LogP contribution in [0.5, 0.6) is 5.88 Å². The second kappa shape index (κ2) is 7.69. The van der Waals surface area contributed by atoms with Gasteiger partial charge in [-0.15, -0.1) is 0 Å². The van der Waals surface area contributed by atoms with Gasteiger partial charge in [0, 0.05) is 44.4 Å². The molecule has 4 heterocycles. The molecule has 4 rings (SSSR count). The SMILES string of the molecule is O=C1CO[C@H]2CCN(C(=O)N3CC(COc4ccc(C(F)(F)F)cn4)C3)C[C@H]2N1. The second-order valence-electron chi connectivity index (χ2n) is 7.51. The van der Waals surface area contributed by atoms with Crippen LogP contribution in [0.15, 0.2) is 18.3 Å². The van der Waals surface area contributed by atoms with Crippen LogP contribution >= 0.6 is 0 Å². The summed E-state index contributed by atoms with van der Waals surface area (Å²) in [5.41, 5.74) is -0.825. The van der Waals surface area contributed by atoms with Gasteiger partial charge >= 0.3 is 12.2 Å². The van der Waals surface area contributed by atoms with Crippen molar-refractivity contribution in [1.29, 1.82) is 0 Å². The standard InChI is InChI=1S/C18H21F3N4O4/c19-18(20,21)12-1-2-16(22-5-12)29-9-11-6-25(7-11)17(27)24-4-3-14-13(8-24)23-15(26)10-28-14/h1-2,5,11,13-14H,3-4,6-10H2,(H,23,26)/t13-,14+/m1/s1. The first-order chi connectivity index (χ1) is 13.8. The summed E-state index contributed by atoms with van der Waals surface area (Å²) in [4.78, 5) is 31.2. The Hall–Kier alpha value is -2.56. The van der Waals surface area contributed by atoms with Crippen molar-refractivity contribution >= 4 is 11.9 Å². The molecule has 0 aliphatic carbocycles. The molecule has 2 atom stereocenters. The fraction of sp³-hybridized carbons (Fsp3) is 0.611. The highest BCUT2D eigenvalue weighted by atomic mass is 19.4. The number of carbonyl (C=O) groups excluding carboxylic acids is 2. The number of ether oxygens (including phenoxy) is 2. The third kappa shape index (κ3) is 4.39. The lowest BCUT2D eigenvalue weighted by Crippen LogP contribution is -2.64. The van der Waals surface area contributed by atoms with Gasteiger partial charge < -0.3 is 24.6 Å². The van der Waals surface area contributed by atoms with Gasteiger partial charge in [0.05, 0.1) is 24.3 Å². The number of aromatic nitrogens is 1. The molecule has 0 bridgehead atoms. The average Bonchev–Trinajstić information content (AvgIpc) is 2.65. The Morgan fingerprint density at radius 1 is 1.28 bits per heavy atom. The smallest absolute Gasteiger partial charge is 0.417 e. The fourth-order valence-corrected chi connectivity index (χ4v) is 3.74. The highest BCUT2D eigenvalue weighted by Gasteiger charge is 2.40. The minimum atomic E-state index is -4.43. The molecular formula is C18H21F3N4O4. The minimum Gasteiger partial charge on any atom is -0.477 e. The van der Waals surface area contributed by atoms with E-state index in [0.717, 1.165) is 12.3 Å². The van der Waals surface area contributed by atoms with Crippen molar-refractivity contribution in [2.45, 2.75) is 24.7 Å². The van der Waals surface area contributed by atoms with Crippen LogP contribution in [-0.4, -0.2) is 78.3 Å². The summed E-state index contributed by atoms with van der Waals surface area (Å²) < 4.78 is 48.5. The highest BCUT2D eigenvalue weighted by molar-refractivity contribution is 5.79. The molecule has 0 spiro atoms. The normalized spacial score (nSPS) is 25.1. The number of piperidine rings is 1. The van der Waals surface area contributed by atoms with Crippen LogP contribution in [0.4, 0.5) is 18.0 Å². The summed E-state index contributed by atoms with van der Waals surface area (Å²) in [6.45, 7) is 2.35. The van der Waals surface area contributed by atoms with Gasteiger partial charge in [0.25, 0.3) is 0 Å². The molecule has 1 aromatic heterocycles. The molecule has 3 saturated heterocycles. The average molecular weight is 414 g/mol. The first-order valence-corrected chi connectivity index (χ1v) is 9.40.